The average molecular weight is 293 g/mol. The summed E-state index contributed by atoms with van der Waals surface area (Å²) in [7, 11) is 1.35. The number of rotatable bonds is 5. The molecule has 1 aromatic carbocycles. The van der Waals surface area contributed by atoms with Crippen LogP contribution in [0.4, 0.5) is 0 Å². The molecular weight excluding hydrogens is 274 g/mol. The Bertz CT molecular complexity index is 477. The number of hydrogen-bond acceptors (Lipinski definition) is 4. The number of nitrogens with zero attached hydrogens (tertiary/aromatic N) is 1. The molecule has 1 aromatic rings. The van der Waals surface area contributed by atoms with Crippen LogP contribution in [0.3, 0.4) is 0 Å². The third kappa shape index (κ3) is 3.15. The molecule has 0 N–H and O–H groups in total. The van der Waals surface area contributed by atoms with Crippen molar-refractivity contribution in [1.82, 2.24) is 4.90 Å². The maximum Gasteiger partial charge on any atom is 0.307 e. The second-order valence-electron chi connectivity index (χ2n) is 4.70. The van der Waals surface area contributed by atoms with E-state index < -0.39 is 0 Å². The number of carbonyl (C=O) groups is 2. The molecule has 5 heteroatoms. The van der Waals surface area contributed by atoms with Gasteiger partial charge in [0.05, 0.1) is 18.8 Å². The normalized spacial score (nSPS) is 22.1. The first kappa shape index (κ1) is 14.9. The molecule has 1 fully saturated rings. The van der Waals surface area contributed by atoms with Gasteiger partial charge in [0.2, 0.25) is 5.91 Å². The fourth-order valence-electron chi connectivity index (χ4n) is 2.30. The van der Waals surface area contributed by atoms with Crippen molar-refractivity contribution >= 4 is 23.6 Å². The van der Waals surface area contributed by atoms with Crippen LogP contribution in [0.2, 0.25) is 0 Å². The molecule has 20 heavy (non-hydrogen) atoms. The number of esters is 1. The molecule has 0 spiro atoms. The molecule has 2 unspecified atom stereocenters. The van der Waals surface area contributed by atoms with Crippen molar-refractivity contribution in [2.75, 3.05) is 13.7 Å². The van der Waals surface area contributed by atoms with Gasteiger partial charge in [0, 0.05) is 6.54 Å². The predicted octanol–water partition coefficient (Wildman–Crippen LogP) is 2.60. The Labute approximate surface area is 123 Å². The monoisotopic (exact) mass is 293 g/mol. The Morgan fingerprint density at radius 2 is 2.05 bits per heavy atom. The van der Waals surface area contributed by atoms with E-state index in [4.69, 9.17) is 0 Å². The lowest BCUT2D eigenvalue weighted by Crippen LogP contribution is -2.32. The Morgan fingerprint density at radius 1 is 1.35 bits per heavy atom. The molecule has 2 rings (SSSR count). The fraction of sp³-hybridized carbons (Fsp3) is 0.467. The summed E-state index contributed by atoms with van der Waals surface area (Å²) >= 11 is 1.54. The zero-order chi connectivity index (χ0) is 14.5. The number of methoxy groups -OCH3 is 1. The third-order valence-corrected chi connectivity index (χ3v) is 4.75. The lowest BCUT2D eigenvalue weighted by atomic mass is 10.2. The highest BCUT2D eigenvalue weighted by Gasteiger charge is 2.41. The smallest absolute Gasteiger partial charge is 0.307 e. The average Bonchev–Trinajstić information content (AvgIpc) is 2.78. The standard InChI is InChI=1S/C15H19NO3S/c1-3-9-16-14(18)12(10-13(17)19-2)20-15(16)11-7-5-4-6-8-11/h4-8,12,15H,3,9-10H2,1-2H3. The summed E-state index contributed by atoms with van der Waals surface area (Å²) in [6.07, 6.45) is 1.05. The lowest BCUT2D eigenvalue weighted by molar-refractivity contribution is -0.142. The fourth-order valence-corrected chi connectivity index (χ4v) is 3.77. The number of ether oxygens (including phenoxy) is 1. The Balaban J connectivity index is 2.18. The summed E-state index contributed by atoms with van der Waals surface area (Å²) in [6, 6.07) is 9.94. The molecule has 2 atom stereocenters. The van der Waals surface area contributed by atoms with Crippen molar-refractivity contribution in [3.63, 3.8) is 0 Å². The van der Waals surface area contributed by atoms with Gasteiger partial charge in [-0.25, -0.2) is 0 Å². The van der Waals surface area contributed by atoms with Crippen LogP contribution in [0.25, 0.3) is 0 Å². The topological polar surface area (TPSA) is 46.6 Å². The number of benzene rings is 1. The van der Waals surface area contributed by atoms with Gasteiger partial charge in [0.1, 0.15) is 5.37 Å². The van der Waals surface area contributed by atoms with Crippen LogP contribution in [0, 0.1) is 0 Å². The largest absolute Gasteiger partial charge is 0.469 e. The van der Waals surface area contributed by atoms with Crippen molar-refractivity contribution < 1.29 is 14.3 Å². The molecule has 0 bridgehead atoms. The van der Waals surface area contributed by atoms with Crippen molar-refractivity contribution in [2.24, 2.45) is 0 Å². The van der Waals surface area contributed by atoms with E-state index in [2.05, 4.69) is 4.74 Å². The van der Waals surface area contributed by atoms with Crippen molar-refractivity contribution in [2.45, 2.75) is 30.4 Å². The van der Waals surface area contributed by atoms with Crippen LogP contribution in [0.15, 0.2) is 30.3 Å². The maximum atomic E-state index is 12.4. The molecule has 1 amide bonds. The molecule has 0 aromatic heterocycles. The van der Waals surface area contributed by atoms with Crippen LogP contribution in [0.1, 0.15) is 30.7 Å². The summed E-state index contributed by atoms with van der Waals surface area (Å²) in [5.74, 6) is -0.294. The SMILES string of the molecule is CCCN1C(=O)C(CC(=O)OC)SC1c1ccccc1. The summed E-state index contributed by atoms with van der Waals surface area (Å²) in [5, 5.41) is -0.336. The number of hydrogen-bond donors (Lipinski definition) is 0. The molecule has 1 aliphatic rings. The van der Waals surface area contributed by atoms with Crippen LogP contribution in [0.5, 0.6) is 0 Å². The Morgan fingerprint density at radius 3 is 2.65 bits per heavy atom. The van der Waals surface area contributed by atoms with Crippen LogP contribution >= 0.6 is 11.8 Å². The zero-order valence-corrected chi connectivity index (χ0v) is 12.6. The highest BCUT2D eigenvalue weighted by Crippen LogP contribution is 2.44. The van der Waals surface area contributed by atoms with Gasteiger partial charge in [-0.2, -0.15) is 0 Å². The van der Waals surface area contributed by atoms with E-state index in [9.17, 15) is 9.59 Å². The molecule has 0 radical (unpaired) electrons. The van der Waals surface area contributed by atoms with Gasteiger partial charge in [0.15, 0.2) is 0 Å². The van der Waals surface area contributed by atoms with Gasteiger partial charge in [-0.05, 0) is 12.0 Å². The molecule has 1 heterocycles. The highest BCUT2D eigenvalue weighted by atomic mass is 32.2. The van der Waals surface area contributed by atoms with Crippen LogP contribution in [-0.4, -0.2) is 35.7 Å². The van der Waals surface area contributed by atoms with E-state index in [1.54, 1.807) is 0 Å². The molecule has 1 aliphatic heterocycles. The quantitative estimate of drug-likeness (QED) is 0.783. The molecule has 4 nitrogen and oxygen atoms in total. The van der Waals surface area contributed by atoms with Gasteiger partial charge >= 0.3 is 5.97 Å². The number of carbonyl (C=O) groups excluding carboxylic acids is 2. The molecule has 108 valence electrons. The van der Waals surface area contributed by atoms with Crippen molar-refractivity contribution in [3.8, 4) is 0 Å². The van der Waals surface area contributed by atoms with Gasteiger partial charge in [-0.3, -0.25) is 9.59 Å². The van der Waals surface area contributed by atoms with E-state index in [0.717, 1.165) is 12.0 Å². The minimum Gasteiger partial charge on any atom is -0.469 e. The number of thioether (sulfide) groups is 1. The van der Waals surface area contributed by atoms with E-state index in [1.807, 2.05) is 42.2 Å². The Kier molecular flexibility index (Phi) is 5.06. The highest BCUT2D eigenvalue weighted by molar-refractivity contribution is 8.01. The van der Waals surface area contributed by atoms with Gasteiger partial charge < -0.3 is 9.64 Å². The molecule has 0 aliphatic carbocycles. The molecular formula is C15H19NO3S. The van der Waals surface area contributed by atoms with E-state index in [-0.39, 0.29) is 28.9 Å². The summed E-state index contributed by atoms with van der Waals surface area (Å²) in [6.45, 7) is 2.76. The second kappa shape index (κ2) is 6.79. The van der Waals surface area contributed by atoms with Gasteiger partial charge in [-0.15, -0.1) is 11.8 Å². The van der Waals surface area contributed by atoms with Gasteiger partial charge in [-0.1, -0.05) is 37.3 Å². The second-order valence-corrected chi connectivity index (χ2v) is 5.99. The first-order valence-electron chi connectivity index (χ1n) is 6.75. The lowest BCUT2D eigenvalue weighted by Gasteiger charge is -2.23. The third-order valence-electron chi connectivity index (χ3n) is 3.26. The minimum atomic E-state index is -0.334. The summed E-state index contributed by atoms with van der Waals surface area (Å²) < 4.78 is 4.67. The van der Waals surface area contributed by atoms with E-state index in [0.29, 0.717) is 6.54 Å². The zero-order valence-electron chi connectivity index (χ0n) is 11.7. The Hall–Kier alpha value is -1.49. The number of amides is 1. The molecule has 1 saturated heterocycles. The van der Waals surface area contributed by atoms with E-state index >= 15 is 0 Å². The van der Waals surface area contributed by atoms with Gasteiger partial charge in [0.25, 0.3) is 0 Å². The van der Waals surface area contributed by atoms with Crippen molar-refractivity contribution in [3.05, 3.63) is 35.9 Å². The van der Waals surface area contributed by atoms with Crippen LogP contribution in [-0.2, 0) is 14.3 Å². The van der Waals surface area contributed by atoms with E-state index in [1.165, 1.54) is 18.9 Å². The first-order chi connectivity index (χ1) is 9.67. The van der Waals surface area contributed by atoms with Crippen LogP contribution < -0.4 is 0 Å². The maximum absolute atomic E-state index is 12.4. The molecule has 0 saturated carbocycles. The van der Waals surface area contributed by atoms with Crippen molar-refractivity contribution in [1.29, 1.82) is 0 Å². The predicted molar refractivity (Wildman–Crippen MR) is 79.2 cm³/mol. The summed E-state index contributed by atoms with van der Waals surface area (Å²) in [4.78, 5) is 25.7. The summed E-state index contributed by atoms with van der Waals surface area (Å²) in [5.41, 5.74) is 1.10. The first-order valence-corrected chi connectivity index (χ1v) is 7.69. The minimum absolute atomic E-state index is 0.00157.